The highest BCUT2D eigenvalue weighted by atomic mass is 16.6. The van der Waals surface area contributed by atoms with Gasteiger partial charge in [0.05, 0.1) is 5.60 Å². The van der Waals surface area contributed by atoms with Gasteiger partial charge in [-0.1, -0.05) is 42.5 Å². The van der Waals surface area contributed by atoms with Crippen molar-refractivity contribution in [2.24, 2.45) is 0 Å². The van der Waals surface area contributed by atoms with Crippen molar-refractivity contribution >= 4 is 11.8 Å². The summed E-state index contributed by atoms with van der Waals surface area (Å²) in [7, 11) is 4.01. The summed E-state index contributed by atoms with van der Waals surface area (Å²) in [5, 5.41) is 11.4. The summed E-state index contributed by atoms with van der Waals surface area (Å²) in [6, 6.07) is 17.9. The highest BCUT2D eigenvalue weighted by molar-refractivity contribution is 5.69. The molecule has 2 unspecified atom stereocenters. The van der Waals surface area contributed by atoms with E-state index >= 15 is 0 Å². The maximum absolute atomic E-state index is 12.7. The summed E-state index contributed by atoms with van der Waals surface area (Å²) in [6.45, 7) is 0.284. The molecule has 0 saturated carbocycles. The molecule has 2 aromatic rings. The number of rotatable bonds is 4. The van der Waals surface area contributed by atoms with Crippen LogP contribution in [0.4, 0.5) is 10.5 Å². The molecule has 2 atom stereocenters. The summed E-state index contributed by atoms with van der Waals surface area (Å²) >= 11 is 0. The fourth-order valence-corrected chi connectivity index (χ4v) is 4.62. The van der Waals surface area contributed by atoms with Crippen LogP contribution in [0, 0.1) is 0 Å². The lowest BCUT2D eigenvalue weighted by molar-refractivity contribution is -0.0536. The molecule has 0 radical (unpaired) electrons. The van der Waals surface area contributed by atoms with Crippen LogP contribution in [-0.4, -0.2) is 42.3 Å². The van der Waals surface area contributed by atoms with E-state index in [1.54, 1.807) is 0 Å². The second-order valence-electron chi connectivity index (χ2n) is 8.21. The van der Waals surface area contributed by atoms with Gasteiger partial charge in [0.25, 0.3) is 0 Å². The Morgan fingerprint density at radius 3 is 2.25 bits per heavy atom. The molecule has 148 valence electrons. The number of nitrogens with zero attached hydrogens (tertiary/aromatic N) is 2. The van der Waals surface area contributed by atoms with E-state index < -0.39 is 5.60 Å². The van der Waals surface area contributed by atoms with Crippen molar-refractivity contribution in [3.8, 4) is 0 Å². The number of benzene rings is 2. The van der Waals surface area contributed by atoms with E-state index in [-0.39, 0.29) is 24.8 Å². The molecular weight excluding hydrogens is 352 g/mol. The van der Waals surface area contributed by atoms with Crippen LogP contribution in [0.15, 0.2) is 54.6 Å². The van der Waals surface area contributed by atoms with Gasteiger partial charge in [-0.3, -0.25) is 0 Å². The minimum Gasteiger partial charge on any atom is -0.445 e. The van der Waals surface area contributed by atoms with Crippen molar-refractivity contribution in [3.05, 3.63) is 65.7 Å². The smallest absolute Gasteiger partial charge is 0.410 e. The number of hydrogen-bond donors (Lipinski definition) is 1. The van der Waals surface area contributed by atoms with Crippen molar-refractivity contribution in [1.29, 1.82) is 0 Å². The van der Waals surface area contributed by atoms with Gasteiger partial charge in [-0.05, 0) is 36.1 Å². The van der Waals surface area contributed by atoms with Gasteiger partial charge < -0.3 is 19.6 Å². The molecule has 2 aliphatic heterocycles. The normalized spacial score (nSPS) is 26.2. The molecular formula is C23H28N2O3. The molecule has 5 heteroatoms. The van der Waals surface area contributed by atoms with Gasteiger partial charge in [0.15, 0.2) is 0 Å². The van der Waals surface area contributed by atoms with E-state index in [4.69, 9.17) is 4.74 Å². The molecule has 2 fully saturated rings. The Morgan fingerprint density at radius 1 is 1.07 bits per heavy atom. The Bertz CT molecular complexity index is 806. The zero-order valence-corrected chi connectivity index (χ0v) is 16.5. The average molecular weight is 380 g/mol. The third-order valence-electron chi connectivity index (χ3n) is 6.10. The molecule has 1 N–H and O–H groups in total. The van der Waals surface area contributed by atoms with Crippen molar-refractivity contribution in [1.82, 2.24) is 4.90 Å². The molecule has 2 aromatic carbocycles. The molecule has 0 aliphatic carbocycles. The first-order valence-corrected chi connectivity index (χ1v) is 9.95. The average Bonchev–Trinajstić information content (AvgIpc) is 2.99. The molecule has 0 aromatic heterocycles. The lowest BCUT2D eigenvalue weighted by Crippen LogP contribution is -2.52. The largest absolute Gasteiger partial charge is 0.445 e. The Balaban J connectivity index is 1.44. The predicted octanol–water partition coefficient (Wildman–Crippen LogP) is 3.90. The molecule has 1 amide bonds. The standard InChI is InChI=1S/C23H28N2O3/c1-24(2)19-10-8-18(9-11-19)23(27)14-20-12-13-21(15-23)25(20)22(26)28-16-17-6-4-3-5-7-17/h3-11,20-21,27H,12-16H2,1-2H3. The number of carbonyl (C=O) groups excluding carboxylic acids is 1. The van der Waals surface area contributed by atoms with E-state index in [1.807, 2.05) is 78.5 Å². The Morgan fingerprint density at radius 2 is 1.68 bits per heavy atom. The van der Waals surface area contributed by atoms with Crippen molar-refractivity contribution in [2.75, 3.05) is 19.0 Å². The fourth-order valence-electron chi connectivity index (χ4n) is 4.62. The maximum atomic E-state index is 12.7. The molecule has 2 heterocycles. The second kappa shape index (κ2) is 7.47. The van der Waals surface area contributed by atoms with Crippen molar-refractivity contribution < 1.29 is 14.6 Å². The van der Waals surface area contributed by atoms with Crippen LogP contribution in [-0.2, 0) is 16.9 Å². The van der Waals surface area contributed by atoms with Crippen molar-refractivity contribution in [2.45, 2.75) is 50.0 Å². The summed E-state index contributed by atoms with van der Waals surface area (Å²) in [4.78, 5) is 16.6. The van der Waals surface area contributed by atoms with Gasteiger partial charge in [-0.2, -0.15) is 0 Å². The van der Waals surface area contributed by atoms with Gasteiger partial charge in [0, 0.05) is 44.7 Å². The Labute approximate surface area is 166 Å². The molecule has 4 rings (SSSR count). The minimum atomic E-state index is -0.882. The fraction of sp³-hybridized carbons (Fsp3) is 0.435. The minimum absolute atomic E-state index is 0.0283. The third-order valence-corrected chi connectivity index (χ3v) is 6.10. The van der Waals surface area contributed by atoms with Gasteiger partial charge in [-0.15, -0.1) is 0 Å². The number of anilines is 1. The molecule has 2 bridgehead atoms. The van der Waals surface area contributed by atoms with Crippen LogP contribution in [0.25, 0.3) is 0 Å². The van der Waals surface area contributed by atoms with Crippen LogP contribution >= 0.6 is 0 Å². The van der Waals surface area contributed by atoms with Crippen LogP contribution < -0.4 is 4.90 Å². The van der Waals surface area contributed by atoms with Crippen molar-refractivity contribution in [3.63, 3.8) is 0 Å². The monoisotopic (exact) mass is 380 g/mol. The Kier molecular flexibility index (Phi) is 5.02. The van der Waals surface area contributed by atoms with Crippen LogP contribution in [0.2, 0.25) is 0 Å². The lowest BCUT2D eigenvalue weighted by Gasteiger charge is -2.43. The summed E-state index contributed by atoms with van der Waals surface area (Å²) in [6.07, 6.45) is 2.70. The zero-order valence-electron chi connectivity index (χ0n) is 16.5. The number of ether oxygens (including phenoxy) is 1. The highest BCUT2D eigenvalue weighted by Crippen LogP contribution is 2.46. The first kappa shape index (κ1) is 18.8. The Hall–Kier alpha value is -2.53. The number of carbonyl (C=O) groups is 1. The lowest BCUT2D eigenvalue weighted by atomic mass is 9.80. The van der Waals surface area contributed by atoms with Crippen LogP contribution in [0.5, 0.6) is 0 Å². The maximum Gasteiger partial charge on any atom is 0.410 e. The highest BCUT2D eigenvalue weighted by Gasteiger charge is 2.50. The quantitative estimate of drug-likeness (QED) is 0.874. The first-order valence-electron chi connectivity index (χ1n) is 9.95. The van der Waals surface area contributed by atoms with Crippen LogP contribution in [0.3, 0.4) is 0 Å². The van der Waals surface area contributed by atoms with E-state index in [0.29, 0.717) is 12.8 Å². The predicted molar refractivity (Wildman–Crippen MR) is 109 cm³/mol. The SMILES string of the molecule is CN(C)c1ccc(C2(O)CC3CCC(C2)N3C(=O)OCc2ccccc2)cc1. The summed E-state index contributed by atoms with van der Waals surface area (Å²) in [5.74, 6) is 0. The second-order valence-corrected chi connectivity index (χ2v) is 8.21. The number of amides is 1. The summed E-state index contributed by atoms with van der Waals surface area (Å²) in [5.41, 5.74) is 2.15. The number of fused-ring (bicyclic) bond motifs is 2. The molecule has 28 heavy (non-hydrogen) atoms. The molecule has 2 saturated heterocycles. The zero-order chi connectivity index (χ0) is 19.7. The van der Waals surface area contributed by atoms with Gasteiger partial charge in [0.2, 0.25) is 0 Å². The van der Waals surface area contributed by atoms with Crippen LogP contribution in [0.1, 0.15) is 36.8 Å². The van der Waals surface area contributed by atoms with Gasteiger partial charge in [0.1, 0.15) is 6.61 Å². The summed E-state index contributed by atoms with van der Waals surface area (Å²) < 4.78 is 5.56. The van der Waals surface area contributed by atoms with Gasteiger partial charge >= 0.3 is 6.09 Å². The first-order chi connectivity index (χ1) is 13.5. The third kappa shape index (κ3) is 3.59. The van der Waals surface area contributed by atoms with Gasteiger partial charge in [-0.25, -0.2) is 4.79 Å². The number of aliphatic hydroxyl groups is 1. The van der Waals surface area contributed by atoms with E-state index in [9.17, 15) is 9.90 Å². The topological polar surface area (TPSA) is 53.0 Å². The molecule has 2 aliphatic rings. The van der Waals surface area contributed by atoms with E-state index in [2.05, 4.69) is 0 Å². The van der Waals surface area contributed by atoms with E-state index in [0.717, 1.165) is 29.7 Å². The molecule has 5 nitrogen and oxygen atoms in total. The molecule has 0 spiro atoms. The number of piperidine rings is 1. The number of hydrogen-bond acceptors (Lipinski definition) is 4. The van der Waals surface area contributed by atoms with E-state index in [1.165, 1.54) is 0 Å².